The van der Waals surface area contributed by atoms with Crippen LogP contribution in [0.2, 0.25) is 0 Å². The Bertz CT molecular complexity index is 614. The molecule has 1 fully saturated rings. The van der Waals surface area contributed by atoms with E-state index >= 15 is 0 Å². The first-order valence-electron chi connectivity index (χ1n) is 6.83. The molecule has 6 nitrogen and oxygen atoms in total. The highest BCUT2D eigenvalue weighted by Crippen LogP contribution is 2.29. The summed E-state index contributed by atoms with van der Waals surface area (Å²) in [7, 11) is 0. The second kappa shape index (κ2) is 6.08. The van der Waals surface area contributed by atoms with Gasteiger partial charge in [-0.2, -0.15) is 0 Å². The summed E-state index contributed by atoms with van der Waals surface area (Å²) in [5.74, 6) is -1.08. The van der Waals surface area contributed by atoms with Crippen LogP contribution in [0.3, 0.4) is 0 Å². The van der Waals surface area contributed by atoms with Crippen molar-refractivity contribution in [3.8, 4) is 0 Å². The first-order chi connectivity index (χ1) is 10.2. The molecule has 1 N–H and O–H groups in total. The minimum atomic E-state index is -1.18. The largest absolute Gasteiger partial charge is 0.462 e. The molecular formula is C15H17BrN2O4. The predicted molar refractivity (Wildman–Crippen MR) is 83.0 cm³/mol. The quantitative estimate of drug-likeness (QED) is 0.652. The van der Waals surface area contributed by atoms with E-state index in [4.69, 9.17) is 4.74 Å². The van der Waals surface area contributed by atoms with E-state index in [9.17, 15) is 14.4 Å². The van der Waals surface area contributed by atoms with Crippen molar-refractivity contribution in [1.82, 2.24) is 10.2 Å². The van der Waals surface area contributed by atoms with E-state index in [-0.39, 0.29) is 6.10 Å². The lowest BCUT2D eigenvalue weighted by molar-refractivity contribution is -0.150. The average Bonchev–Trinajstić information content (AvgIpc) is 2.63. The fourth-order valence-corrected chi connectivity index (χ4v) is 2.51. The number of rotatable bonds is 4. The molecule has 1 aliphatic rings. The van der Waals surface area contributed by atoms with Gasteiger partial charge in [0, 0.05) is 4.47 Å². The second-order valence-electron chi connectivity index (χ2n) is 5.49. The van der Waals surface area contributed by atoms with Crippen LogP contribution in [-0.2, 0) is 19.9 Å². The Morgan fingerprint density at radius 2 is 1.91 bits per heavy atom. The standard InChI is InChI=1S/C15H17BrN2O4/c1-9(2)22-12(19)8-18-13(20)15(3,17-14(18)21)10-4-6-11(16)7-5-10/h4-7,9H,8H2,1-3H3,(H,17,21). The van der Waals surface area contributed by atoms with Gasteiger partial charge in [-0.3, -0.25) is 14.5 Å². The topological polar surface area (TPSA) is 75.7 Å². The summed E-state index contributed by atoms with van der Waals surface area (Å²) >= 11 is 3.32. The third-order valence-corrected chi connectivity index (χ3v) is 3.88. The normalized spacial score (nSPS) is 21.2. The van der Waals surface area contributed by atoms with Crippen molar-refractivity contribution in [2.75, 3.05) is 6.54 Å². The molecule has 0 spiro atoms. The molecule has 0 bridgehead atoms. The van der Waals surface area contributed by atoms with E-state index in [1.807, 2.05) is 0 Å². The van der Waals surface area contributed by atoms with Crippen LogP contribution in [0.15, 0.2) is 28.7 Å². The molecule has 1 saturated heterocycles. The number of benzene rings is 1. The van der Waals surface area contributed by atoms with E-state index in [0.29, 0.717) is 5.56 Å². The molecule has 22 heavy (non-hydrogen) atoms. The van der Waals surface area contributed by atoms with Crippen molar-refractivity contribution < 1.29 is 19.1 Å². The minimum absolute atomic E-state index is 0.300. The van der Waals surface area contributed by atoms with Gasteiger partial charge in [0.2, 0.25) is 0 Å². The first-order valence-corrected chi connectivity index (χ1v) is 7.63. The number of hydrogen-bond acceptors (Lipinski definition) is 4. The predicted octanol–water partition coefficient (Wildman–Crippen LogP) is 2.17. The summed E-state index contributed by atoms with van der Waals surface area (Å²) in [5, 5.41) is 2.64. The molecule has 118 valence electrons. The van der Waals surface area contributed by atoms with Crippen LogP contribution in [0.25, 0.3) is 0 Å². The van der Waals surface area contributed by atoms with Crippen molar-refractivity contribution in [2.24, 2.45) is 0 Å². The number of halogens is 1. The number of ether oxygens (including phenoxy) is 1. The number of carbonyl (C=O) groups excluding carboxylic acids is 3. The molecule has 7 heteroatoms. The number of hydrogen-bond donors (Lipinski definition) is 1. The molecule has 1 aromatic rings. The molecular weight excluding hydrogens is 352 g/mol. The highest BCUT2D eigenvalue weighted by atomic mass is 79.9. The smallest absolute Gasteiger partial charge is 0.326 e. The number of nitrogens with one attached hydrogen (secondary N) is 1. The zero-order valence-electron chi connectivity index (χ0n) is 12.6. The zero-order chi connectivity index (χ0) is 16.5. The van der Waals surface area contributed by atoms with Crippen LogP contribution >= 0.6 is 15.9 Å². The van der Waals surface area contributed by atoms with Gasteiger partial charge < -0.3 is 10.1 Å². The first kappa shape index (κ1) is 16.5. The third kappa shape index (κ3) is 3.14. The number of urea groups is 1. The Labute approximate surface area is 136 Å². The Kier molecular flexibility index (Phi) is 4.55. The highest BCUT2D eigenvalue weighted by Gasteiger charge is 2.49. The fourth-order valence-electron chi connectivity index (χ4n) is 2.25. The lowest BCUT2D eigenvalue weighted by Crippen LogP contribution is -2.41. The zero-order valence-corrected chi connectivity index (χ0v) is 14.1. The van der Waals surface area contributed by atoms with Crippen molar-refractivity contribution in [2.45, 2.75) is 32.4 Å². The van der Waals surface area contributed by atoms with E-state index in [1.165, 1.54) is 0 Å². The summed E-state index contributed by atoms with van der Waals surface area (Å²) in [6.07, 6.45) is -0.300. The van der Waals surface area contributed by atoms with E-state index < -0.39 is 30.0 Å². The van der Waals surface area contributed by atoms with Gasteiger partial charge in [-0.1, -0.05) is 28.1 Å². The number of imide groups is 1. The van der Waals surface area contributed by atoms with Gasteiger partial charge in [-0.15, -0.1) is 0 Å². The summed E-state index contributed by atoms with van der Waals surface area (Å²) in [6, 6.07) is 6.47. The summed E-state index contributed by atoms with van der Waals surface area (Å²) in [6.45, 7) is 4.63. The third-order valence-electron chi connectivity index (χ3n) is 3.35. The maximum absolute atomic E-state index is 12.6. The molecule has 0 saturated carbocycles. The Hall–Kier alpha value is -1.89. The molecule has 2 rings (SSSR count). The van der Waals surface area contributed by atoms with Crippen molar-refractivity contribution >= 4 is 33.8 Å². The Morgan fingerprint density at radius 3 is 2.45 bits per heavy atom. The summed E-state index contributed by atoms with van der Waals surface area (Å²) < 4.78 is 5.85. The fraction of sp³-hybridized carbons (Fsp3) is 0.400. The number of amides is 3. The molecule has 1 unspecified atom stereocenters. The van der Waals surface area contributed by atoms with Crippen LogP contribution in [0, 0.1) is 0 Å². The van der Waals surface area contributed by atoms with Crippen LogP contribution in [-0.4, -0.2) is 35.5 Å². The van der Waals surface area contributed by atoms with Crippen molar-refractivity contribution in [1.29, 1.82) is 0 Å². The monoisotopic (exact) mass is 368 g/mol. The van der Waals surface area contributed by atoms with Gasteiger partial charge in [0.25, 0.3) is 5.91 Å². The molecule has 0 radical (unpaired) electrons. The van der Waals surface area contributed by atoms with E-state index in [0.717, 1.165) is 9.37 Å². The summed E-state index contributed by atoms with van der Waals surface area (Å²) in [5.41, 5.74) is -0.538. The number of esters is 1. The SMILES string of the molecule is CC(C)OC(=O)CN1C(=O)NC(C)(c2ccc(Br)cc2)C1=O. The molecule has 1 atom stereocenters. The van der Waals surface area contributed by atoms with Crippen LogP contribution in [0.5, 0.6) is 0 Å². The van der Waals surface area contributed by atoms with Gasteiger partial charge in [0.05, 0.1) is 6.10 Å². The molecule has 3 amide bonds. The molecule has 0 aliphatic carbocycles. The average molecular weight is 369 g/mol. The van der Waals surface area contributed by atoms with Gasteiger partial charge in [0.1, 0.15) is 12.1 Å². The van der Waals surface area contributed by atoms with Crippen molar-refractivity contribution in [3.05, 3.63) is 34.3 Å². The summed E-state index contributed by atoms with van der Waals surface area (Å²) in [4.78, 5) is 37.2. The molecule has 1 aromatic carbocycles. The van der Waals surface area contributed by atoms with Crippen molar-refractivity contribution in [3.63, 3.8) is 0 Å². The minimum Gasteiger partial charge on any atom is -0.462 e. The van der Waals surface area contributed by atoms with E-state index in [1.54, 1.807) is 45.0 Å². The van der Waals surface area contributed by atoms with Gasteiger partial charge in [-0.05, 0) is 38.5 Å². The maximum Gasteiger partial charge on any atom is 0.326 e. The van der Waals surface area contributed by atoms with E-state index in [2.05, 4.69) is 21.2 Å². The van der Waals surface area contributed by atoms with Crippen LogP contribution in [0.1, 0.15) is 26.3 Å². The number of carbonyl (C=O) groups is 3. The lowest BCUT2D eigenvalue weighted by atomic mass is 9.92. The lowest BCUT2D eigenvalue weighted by Gasteiger charge is -2.22. The van der Waals surface area contributed by atoms with Gasteiger partial charge >= 0.3 is 12.0 Å². The van der Waals surface area contributed by atoms with Gasteiger partial charge in [-0.25, -0.2) is 4.79 Å². The molecule has 1 aliphatic heterocycles. The Balaban J connectivity index is 2.20. The number of nitrogens with zero attached hydrogens (tertiary/aromatic N) is 1. The maximum atomic E-state index is 12.6. The van der Waals surface area contributed by atoms with Crippen LogP contribution < -0.4 is 5.32 Å². The molecule has 0 aromatic heterocycles. The Morgan fingerprint density at radius 1 is 1.32 bits per heavy atom. The highest BCUT2D eigenvalue weighted by molar-refractivity contribution is 9.10. The van der Waals surface area contributed by atoms with Gasteiger partial charge in [0.15, 0.2) is 0 Å². The second-order valence-corrected chi connectivity index (χ2v) is 6.41. The molecule has 1 heterocycles. The van der Waals surface area contributed by atoms with Crippen LogP contribution in [0.4, 0.5) is 4.79 Å².